The molecule has 0 aliphatic heterocycles. The zero-order valence-corrected chi connectivity index (χ0v) is 18.2. The van der Waals surface area contributed by atoms with Crippen molar-refractivity contribution in [2.24, 2.45) is 5.92 Å². The van der Waals surface area contributed by atoms with Gasteiger partial charge < -0.3 is 15.3 Å². The maximum atomic E-state index is 12.8. The van der Waals surface area contributed by atoms with Gasteiger partial charge in [0, 0.05) is 36.6 Å². The van der Waals surface area contributed by atoms with E-state index in [-0.39, 0.29) is 29.2 Å². The summed E-state index contributed by atoms with van der Waals surface area (Å²) < 4.78 is 1.71. The van der Waals surface area contributed by atoms with Crippen molar-refractivity contribution in [1.82, 2.24) is 19.9 Å². The second-order valence-electron chi connectivity index (χ2n) is 8.28. The van der Waals surface area contributed by atoms with E-state index >= 15 is 0 Å². The number of rotatable bonds is 10. The van der Waals surface area contributed by atoms with E-state index in [0.717, 1.165) is 30.0 Å². The van der Waals surface area contributed by atoms with Crippen LogP contribution in [0.2, 0.25) is 0 Å². The van der Waals surface area contributed by atoms with Crippen LogP contribution in [-0.2, 0) is 13.1 Å². The molecule has 1 fully saturated rings. The van der Waals surface area contributed by atoms with Crippen molar-refractivity contribution in [2.45, 2.75) is 38.8 Å². The van der Waals surface area contributed by atoms with Crippen molar-refractivity contribution in [1.29, 1.82) is 5.41 Å². The molecule has 1 saturated carbocycles. The zero-order valence-electron chi connectivity index (χ0n) is 18.2. The summed E-state index contributed by atoms with van der Waals surface area (Å²) in [6.07, 6.45) is 8.26. The highest BCUT2D eigenvalue weighted by molar-refractivity contribution is 6.13. The Bertz CT molecular complexity index is 1180. The number of Topliss-reactive ketones (excluding diaryl/α,β-unsaturated/α-hetero) is 1. The third-order valence-electron chi connectivity index (χ3n) is 5.70. The molecule has 0 saturated heterocycles. The van der Waals surface area contributed by atoms with Crippen molar-refractivity contribution in [3.05, 3.63) is 82.2 Å². The number of carbonyl (C=O) groups excluding carboxylic acids is 1. The summed E-state index contributed by atoms with van der Waals surface area (Å²) in [5.41, 5.74) is 3.54. The average Bonchev–Trinajstić information content (AvgIpc) is 3.64. The molecule has 1 aliphatic carbocycles. The first-order valence-corrected chi connectivity index (χ1v) is 10.9. The van der Waals surface area contributed by atoms with Crippen LogP contribution in [0.1, 0.15) is 47.3 Å². The molecule has 1 aromatic carbocycles. The molecule has 1 aliphatic rings. The van der Waals surface area contributed by atoms with Crippen LogP contribution in [0.3, 0.4) is 0 Å². The van der Waals surface area contributed by atoms with E-state index in [1.54, 1.807) is 23.0 Å². The Hall–Kier alpha value is -3.45. The van der Waals surface area contributed by atoms with E-state index in [0.29, 0.717) is 17.8 Å². The topological polar surface area (TPSA) is 101 Å². The molecule has 0 atom stereocenters. The summed E-state index contributed by atoms with van der Waals surface area (Å²) in [6, 6.07) is 10.9. The number of ketones is 1. The fourth-order valence-corrected chi connectivity index (χ4v) is 3.61. The largest absolute Gasteiger partial charge is 0.316 e. The molecule has 0 spiro atoms. The van der Waals surface area contributed by atoms with Gasteiger partial charge in [0.05, 0.1) is 24.5 Å². The number of hydrogen-bond acceptors (Lipinski definition) is 6. The molecule has 0 unspecified atom stereocenters. The molecule has 32 heavy (non-hydrogen) atoms. The molecule has 7 nitrogen and oxygen atoms in total. The standard InChI is InChI=1S/C25H27N5O2/c1-27-13-18-4-6-19(7-5-18)21(26)12-24(31)23-15-28-14-22(29-23)20-8-9-25(32)30(16-20)11-10-17-2-3-17/h4-9,14-17,26-27H,2-3,10-13H2,1H3. The highest BCUT2D eigenvalue weighted by atomic mass is 16.1. The molecule has 4 rings (SSSR count). The minimum atomic E-state index is -0.259. The summed E-state index contributed by atoms with van der Waals surface area (Å²) in [7, 11) is 1.88. The van der Waals surface area contributed by atoms with Crippen LogP contribution < -0.4 is 10.9 Å². The van der Waals surface area contributed by atoms with Gasteiger partial charge in [-0.2, -0.15) is 0 Å². The second-order valence-corrected chi connectivity index (χ2v) is 8.28. The first-order chi connectivity index (χ1) is 15.5. The fourth-order valence-electron chi connectivity index (χ4n) is 3.61. The van der Waals surface area contributed by atoms with Crippen molar-refractivity contribution >= 4 is 11.5 Å². The maximum Gasteiger partial charge on any atom is 0.250 e. The number of nitrogens with zero attached hydrogens (tertiary/aromatic N) is 3. The number of aromatic nitrogens is 3. The van der Waals surface area contributed by atoms with Crippen molar-refractivity contribution < 1.29 is 4.79 Å². The van der Waals surface area contributed by atoms with E-state index in [4.69, 9.17) is 5.41 Å². The Morgan fingerprint density at radius 1 is 1.16 bits per heavy atom. The smallest absolute Gasteiger partial charge is 0.250 e. The van der Waals surface area contributed by atoms with Crippen LogP contribution >= 0.6 is 0 Å². The van der Waals surface area contributed by atoms with Crippen LogP contribution in [0.15, 0.2) is 59.8 Å². The first-order valence-electron chi connectivity index (χ1n) is 10.9. The zero-order chi connectivity index (χ0) is 22.5. The van der Waals surface area contributed by atoms with Crippen LogP contribution in [0.5, 0.6) is 0 Å². The second kappa shape index (κ2) is 9.78. The van der Waals surface area contributed by atoms with E-state index in [1.807, 2.05) is 31.3 Å². The number of pyridine rings is 1. The number of hydrogen-bond donors (Lipinski definition) is 2. The van der Waals surface area contributed by atoms with E-state index < -0.39 is 0 Å². The van der Waals surface area contributed by atoms with Gasteiger partial charge in [0.15, 0.2) is 5.78 Å². The Labute approximate surface area is 187 Å². The molecule has 2 aromatic heterocycles. The van der Waals surface area contributed by atoms with E-state index in [9.17, 15) is 9.59 Å². The van der Waals surface area contributed by atoms with Gasteiger partial charge in [-0.25, -0.2) is 4.98 Å². The molecule has 0 radical (unpaired) electrons. The van der Waals surface area contributed by atoms with Gasteiger partial charge >= 0.3 is 0 Å². The normalized spacial score (nSPS) is 13.2. The summed E-state index contributed by atoms with van der Waals surface area (Å²) in [6.45, 7) is 1.44. The molecule has 164 valence electrons. The molecule has 0 bridgehead atoms. The fraction of sp³-hybridized carbons (Fsp3) is 0.320. The van der Waals surface area contributed by atoms with Crippen LogP contribution in [0.4, 0.5) is 0 Å². The lowest BCUT2D eigenvalue weighted by molar-refractivity contribution is 0.0995. The Kier molecular flexibility index (Phi) is 6.66. The van der Waals surface area contributed by atoms with E-state index in [1.165, 1.54) is 25.1 Å². The Morgan fingerprint density at radius 3 is 2.66 bits per heavy atom. The number of nitrogens with one attached hydrogen (secondary N) is 2. The Balaban J connectivity index is 1.47. The first kappa shape index (κ1) is 21.8. The van der Waals surface area contributed by atoms with E-state index in [2.05, 4.69) is 15.3 Å². The van der Waals surface area contributed by atoms with Crippen molar-refractivity contribution in [2.75, 3.05) is 7.05 Å². The quantitative estimate of drug-likeness (QED) is 0.380. The molecule has 7 heteroatoms. The predicted molar refractivity (Wildman–Crippen MR) is 124 cm³/mol. The van der Waals surface area contributed by atoms with Crippen molar-refractivity contribution in [3.63, 3.8) is 0 Å². The summed E-state index contributed by atoms with van der Waals surface area (Å²) in [5.74, 6) is 0.479. The molecule has 2 heterocycles. The lowest BCUT2D eigenvalue weighted by atomic mass is 10.0. The highest BCUT2D eigenvalue weighted by Gasteiger charge is 2.21. The molecule has 2 N–H and O–H groups in total. The monoisotopic (exact) mass is 429 g/mol. The maximum absolute atomic E-state index is 12.8. The molecule has 3 aromatic rings. The van der Waals surface area contributed by atoms with Gasteiger partial charge in [0.2, 0.25) is 0 Å². The van der Waals surface area contributed by atoms with Gasteiger partial charge in [-0.1, -0.05) is 37.1 Å². The summed E-state index contributed by atoms with van der Waals surface area (Å²) >= 11 is 0. The lowest BCUT2D eigenvalue weighted by Crippen LogP contribution is -2.19. The molecule has 0 amide bonds. The SMILES string of the molecule is CNCc1ccc(C(=N)CC(=O)c2cncc(-c3ccc(=O)n(CCC4CC4)c3)n2)cc1. The number of carbonyl (C=O) groups is 1. The van der Waals surface area contributed by atoms with Gasteiger partial charge in [0.1, 0.15) is 5.69 Å². The predicted octanol–water partition coefficient (Wildman–Crippen LogP) is 3.47. The minimum absolute atomic E-state index is 0.0382. The van der Waals surface area contributed by atoms with Crippen molar-refractivity contribution in [3.8, 4) is 11.3 Å². The third kappa shape index (κ3) is 5.42. The summed E-state index contributed by atoms with van der Waals surface area (Å²) in [4.78, 5) is 33.6. The third-order valence-corrected chi connectivity index (χ3v) is 5.70. The minimum Gasteiger partial charge on any atom is -0.316 e. The van der Waals surface area contributed by atoms with Gasteiger partial charge in [-0.15, -0.1) is 0 Å². The van der Waals surface area contributed by atoms with Crippen LogP contribution in [0.25, 0.3) is 11.3 Å². The van der Waals surface area contributed by atoms with Gasteiger partial charge in [-0.3, -0.25) is 14.6 Å². The number of benzene rings is 1. The molecular weight excluding hydrogens is 402 g/mol. The van der Waals surface area contributed by atoms with Crippen LogP contribution in [0, 0.1) is 11.3 Å². The lowest BCUT2D eigenvalue weighted by Gasteiger charge is -2.09. The van der Waals surface area contributed by atoms with Gasteiger partial charge in [0.25, 0.3) is 5.56 Å². The highest BCUT2D eigenvalue weighted by Crippen LogP contribution is 2.32. The van der Waals surface area contributed by atoms with Crippen LogP contribution in [-0.4, -0.2) is 33.1 Å². The number of aryl methyl sites for hydroxylation is 1. The molecular formula is C25H27N5O2. The summed E-state index contributed by atoms with van der Waals surface area (Å²) in [5, 5.41) is 11.4. The van der Waals surface area contributed by atoms with Gasteiger partial charge in [-0.05, 0) is 36.6 Å². The average molecular weight is 430 g/mol. The Morgan fingerprint density at radius 2 is 1.94 bits per heavy atom.